The molecule has 5 aromatic rings. The van der Waals surface area contributed by atoms with E-state index in [0.717, 1.165) is 53.1 Å². The first-order valence-corrected chi connectivity index (χ1v) is 11.6. The number of aryl methyl sites for hydroxylation is 1. The lowest BCUT2D eigenvalue weighted by molar-refractivity contribution is 0.270. The van der Waals surface area contributed by atoms with Gasteiger partial charge < -0.3 is 18.8 Å². The molecule has 0 fully saturated rings. The summed E-state index contributed by atoms with van der Waals surface area (Å²) in [5, 5.41) is 2.35. The summed E-state index contributed by atoms with van der Waals surface area (Å²) in [5.74, 6) is 3.28. The molecule has 0 bridgehead atoms. The molecule has 5 nitrogen and oxygen atoms in total. The van der Waals surface area contributed by atoms with Crippen LogP contribution in [0, 0.1) is 0 Å². The van der Waals surface area contributed by atoms with Crippen molar-refractivity contribution in [2.75, 3.05) is 13.7 Å². The smallest absolute Gasteiger partial charge is 0.161 e. The summed E-state index contributed by atoms with van der Waals surface area (Å²) in [6.07, 6.45) is 1.93. The van der Waals surface area contributed by atoms with Crippen LogP contribution in [0.25, 0.3) is 21.8 Å². The molecule has 0 aliphatic rings. The normalized spacial score (nSPS) is 11.1. The van der Waals surface area contributed by atoms with Gasteiger partial charge in [-0.25, -0.2) is 4.98 Å². The molecule has 34 heavy (non-hydrogen) atoms. The van der Waals surface area contributed by atoms with E-state index in [9.17, 15) is 0 Å². The first kappa shape index (κ1) is 21.8. The van der Waals surface area contributed by atoms with Crippen LogP contribution in [-0.2, 0) is 13.2 Å². The van der Waals surface area contributed by atoms with E-state index in [1.807, 2.05) is 54.6 Å². The predicted molar refractivity (Wildman–Crippen MR) is 136 cm³/mol. The van der Waals surface area contributed by atoms with Gasteiger partial charge in [0.2, 0.25) is 0 Å². The lowest BCUT2D eigenvalue weighted by atomic mass is 10.1. The van der Waals surface area contributed by atoms with Gasteiger partial charge in [0, 0.05) is 11.9 Å². The van der Waals surface area contributed by atoms with E-state index in [2.05, 4.69) is 41.0 Å². The second kappa shape index (κ2) is 10.3. The zero-order chi connectivity index (χ0) is 23.2. The number of fused-ring (bicyclic) bond motifs is 2. The SMILES string of the molecule is COc1ccccc1OCc1nc2ccccc2n1CCCCOc1cccc2ccccc12. The number of hydrogen-bond acceptors (Lipinski definition) is 4. The van der Waals surface area contributed by atoms with Crippen molar-refractivity contribution in [1.82, 2.24) is 9.55 Å². The van der Waals surface area contributed by atoms with Gasteiger partial charge in [-0.3, -0.25) is 0 Å². The molecule has 0 N–H and O–H groups in total. The maximum atomic E-state index is 6.12. The van der Waals surface area contributed by atoms with E-state index in [1.54, 1.807) is 7.11 Å². The molecule has 5 rings (SSSR count). The highest BCUT2D eigenvalue weighted by molar-refractivity contribution is 5.88. The minimum atomic E-state index is 0.377. The van der Waals surface area contributed by atoms with Crippen molar-refractivity contribution in [1.29, 1.82) is 0 Å². The number of benzene rings is 4. The van der Waals surface area contributed by atoms with Gasteiger partial charge in [0.05, 0.1) is 24.8 Å². The molecule has 0 amide bonds. The quantitative estimate of drug-likeness (QED) is 0.223. The summed E-state index contributed by atoms with van der Waals surface area (Å²) in [7, 11) is 1.65. The molecular formula is C29H28N2O3. The van der Waals surface area contributed by atoms with Crippen molar-refractivity contribution in [3.05, 3.63) is 96.8 Å². The highest BCUT2D eigenvalue weighted by Gasteiger charge is 2.12. The largest absolute Gasteiger partial charge is 0.493 e. The van der Waals surface area contributed by atoms with Gasteiger partial charge in [0.25, 0.3) is 0 Å². The topological polar surface area (TPSA) is 45.5 Å². The number of aromatic nitrogens is 2. The average Bonchev–Trinajstić information content (AvgIpc) is 3.25. The standard InChI is InChI=1S/C29H28N2O3/c1-32-27-16-6-7-17-28(27)34-21-29-30-24-14-4-5-15-25(24)31(29)19-8-9-20-33-26-18-10-12-22-11-2-3-13-23(22)26/h2-7,10-18H,8-9,19-21H2,1H3. The van der Waals surface area contributed by atoms with E-state index in [4.69, 9.17) is 19.2 Å². The second-order valence-corrected chi connectivity index (χ2v) is 8.14. The average molecular weight is 453 g/mol. The number of nitrogens with zero attached hydrogens (tertiary/aromatic N) is 2. The molecule has 0 atom stereocenters. The van der Waals surface area contributed by atoms with Gasteiger partial charge >= 0.3 is 0 Å². The number of ether oxygens (including phenoxy) is 3. The third kappa shape index (κ3) is 4.69. The summed E-state index contributed by atoms with van der Waals surface area (Å²) in [5.41, 5.74) is 2.10. The lowest BCUT2D eigenvalue weighted by Gasteiger charge is -2.13. The predicted octanol–water partition coefficient (Wildman–Crippen LogP) is 6.64. The third-order valence-electron chi connectivity index (χ3n) is 5.94. The number of para-hydroxylation sites is 4. The first-order valence-electron chi connectivity index (χ1n) is 11.6. The second-order valence-electron chi connectivity index (χ2n) is 8.14. The number of imidazole rings is 1. The molecule has 172 valence electrons. The van der Waals surface area contributed by atoms with Gasteiger partial charge in [0.1, 0.15) is 18.2 Å². The van der Waals surface area contributed by atoms with Crippen molar-refractivity contribution < 1.29 is 14.2 Å². The van der Waals surface area contributed by atoms with Crippen molar-refractivity contribution in [2.24, 2.45) is 0 Å². The Morgan fingerprint density at radius 3 is 2.35 bits per heavy atom. The Bertz CT molecular complexity index is 1390. The molecule has 0 saturated carbocycles. The third-order valence-corrected chi connectivity index (χ3v) is 5.94. The van der Waals surface area contributed by atoms with Gasteiger partial charge in [0.15, 0.2) is 11.5 Å². The fourth-order valence-corrected chi connectivity index (χ4v) is 4.24. The van der Waals surface area contributed by atoms with E-state index >= 15 is 0 Å². The zero-order valence-corrected chi connectivity index (χ0v) is 19.3. The Kier molecular flexibility index (Phi) is 6.61. The molecular weight excluding hydrogens is 424 g/mol. The van der Waals surface area contributed by atoms with Crippen molar-refractivity contribution >= 4 is 21.8 Å². The number of methoxy groups -OCH3 is 1. The van der Waals surface area contributed by atoms with E-state index < -0.39 is 0 Å². The summed E-state index contributed by atoms with van der Waals surface area (Å²) in [4.78, 5) is 4.83. The summed E-state index contributed by atoms with van der Waals surface area (Å²) < 4.78 is 19.9. The molecule has 0 aliphatic carbocycles. The first-order chi connectivity index (χ1) is 16.8. The van der Waals surface area contributed by atoms with Crippen LogP contribution in [0.5, 0.6) is 17.2 Å². The molecule has 0 spiro atoms. The maximum absolute atomic E-state index is 6.12. The highest BCUT2D eigenvalue weighted by atomic mass is 16.5. The molecule has 1 heterocycles. The van der Waals surface area contributed by atoms with Crippen LogP contribution in [0.15, 0.2) is 91.0 Å². The zero-order valence-electron chi connectivity index (χ0n) is 19.3. The maximum Gasteiger partial charge on any atom is 0.161 e. The van der Waals surface area contributed by atoms with Crippen LogP contribution in [0.2, 0.25) is 0 Å². The Labute approximate surface area is 199 Å². The Morgan fingerprint density at radius 2 is 1.44 bits per heavy atom. The van der Waals surface area contributed by atoms with Gasteiger partial charge in [-0.05, 0) is 48.6 Å². The van der Waals surface area contributed by atoms with Crippen LogP contribution < -0.4 is 14.2 Å². The number of rotatable bonds is 10. The molecule has 0 unspecified atom stereocenters. The Balaban J connectivity index is 1.24. The molecule has 0 radical (unpaired) electrons. The highest BCUT2D eigenvalue weighted by Crippen LogP contribution is 2.28. The van der Waals surface area contributed by atoms with Crippen LogP contribution in [0.1, 0.15) is 18.7 Å². The Morgan fingerprint density at radius 1 is 0.706 bits per heavy atom. The molecule has 0 saturated heterocycles. The minimum Gasteiger partial charge on any atom is -0.493 e. The summed E-state index contributed by atoms with van der Waals surface area (Å²) in [6, 6.07) is 30.4. The van der Waals surface area contributed by atoms with E-state index in [1.165, 1.54) is 5.39 Å². The van der Waals surface area contributed by atoms with Gasteiger partial charge in [-0.1, -0.05) is 60.7 Å². The van der Waals surface area contributed by atoms with E-state index in [0.29, 0.717) is 19.0 Å². The van der Waals surface area contributed by atoms with E-state index in [-0.39, 0.29) is 0 Å². The minimum absolute atomic E-state index is 0.377. The summed E-state index contributed by atoms with van der Waals surface area (Å²) >= 11 is 0. The van der Waals surface area contributed by atoms with Crippen LogP contribution in [0.4, 0.5) is 0 Å². The lowest BCUT2D eigenvalue weighted by Crippen LogP contribution is -2.09. The Hall–Kier alpha value is -3.99. The molecule has 0 aliphatic heterocycles. The monoisotopic (exact) mass is 452 g/mol. The fraction of sp³-hybridized carbons (Fsp3) is 0.207. The van der Waals surface area contributed by atoms with Crippen molar-refractivity contribution in [3.63, 3.8) is 0 Å². The molecule has 4 aromatic carbocycles. The van der Waals surface area contributed by atoms with Crippen molar-refractivity contribution in [2.45, 2.75) is 26.0 Å². The molecule has 5 heteroatoms. The number of unbranched alkanes of at least 4 members (excludes halogenated alkanes) is 1. The van der Waals surface area contributed by atoms with Crippen molar-refractivity contribution in [3.8, 4) is 17.2 Å². The summed E-state index contributed by atoms with van der Waals surface area (Å²) in [6.45, 7) is 1.90. The van der Waals surface area contributed by atoms with Crippen LogP contribution in [-0.4, -0.2) is 23.3 Å². The fourth-order valence-electron chi connectivity index (χ4n) is 4.24. The van der Waals surface area contributed by atoms with Gasteiger partial charge in [-0.2, -0.15) is 0 Å². The van der Waals surface area contributed by atoms with Crippen LogP contribution in [0.3, 0.4) is 0 Å². The van der Waals surface area contributed by atoms with Gasteiger partial charge in [-0.15, -0.1) is 0 Å². The number of hydrogen-bond donors (Lipinski definition) is 0. The molecule has 1 aromatic heterocycles. The van der Waals surface area contributed by atoms with Crippen LogP contribution >= 0.6 is 0 Å².